The minimum atomic E-state index is 0.590. The van der Waals surface area contributed by atoms with Crippen LogP contribution >= 0.6 is 0 Å². The fourth-order valence-electron chi connectivity index (χ4n) is 2.74. The highest BCUT2D eigenvalue weighted by molar-refractivity contribution is 5.43. The van der Waals surface area contributed by atoms with Crippen LogP contribution in [0.3, 0.4) is 0 Å². The van der Waals surface area contributed by atoms with Crippen LogP contribution < -0.4 is 10.2 Å². The average molecular weight is 290 g/mol. The van der Waals surface area contributed by atoms with E-state index >= 15 is 0 Å². The maximum Gasteiger partial charge on any atom is 0.129 e. The molecule has 4 nitrogen and oxygen atoms in total. The van der Waals surface area contributed by atoms with Crippen molar-refractivity contribution in [3.8, 4) is 0 Å². The molecule has 1 aromatic heterocycles. The molecule has 0 radical (unpaired) electrons. The number of hydrogen-bond acceptors (Lipinski definition) is 4. The monoisotopic (exact) mass is 290 g/mol. The predicted molar refractivity (Wildman–Crippen MR) is 89.9 cm³/mol. The summed E-state index contributed by atoms with van der Waals surface area (Å²) in [6.07, 6.45) is 2.17. The summed E-state index contributed by atoms with van der Waals surface area (Å²) in [5, 5.41) is 3.49. The van der Waals surface area contributed by atoms with Crippen LogP contribution in [0.5, 0.6) is 0 Å². The van der Waals surface area contributed by atoms with Crippen molar-refractivity contribution in [3.63, 3.8) is 0 Å². The molecular formula is C17H30N4. The smallest absolute Gasteiger partial charge is 0.129 e. The van der Waals surface area contributed by atoms with Gasteiger partial charge in [-0.05, 0) is 51.1 Å². The SMILES string of the molecule is CCCNCc1cc(CC)nc(N2CCN(C)C(C)C2)c1. The van der Waals surface area contributed by atoms with E-state index in [0.717, 1.165) is 45.0 Å². The zero-order chi connectivity index (χ0) is 15.2. The van der Waals surface area contributed by atoms with Gasteiger partial charge in [0.25, 0.3) is 0 Å². The highest BCUT2D eigenvalue weighted by Gasteiger charge is 2.22. The second-order valence-electron chi connectivity index (χ2n) is 6.13. The Morgan fingerprint density at radius 2 is 2.10 bits per heavy atom. The Labute approximate surface area is 129 Å². The molecular weight excluding hydrogens is 260 g/mol. The summed E-state index contributed by atoms with van der Waals surface area (Å²) < 4.78 is 0. The van der Waals surface area contributed by atoms with Gasteiger partial charge in [-0.2, -0.15) is 0 Å². The summed E-state index contributed by atoms with van der Waals surface area (Å²) in [5.41, 5.74) is 2.56. The fourth-order valence-corrected chi connectivity index (χ4v) is 2.74. The molecule has 0 spiro atoms. The second kappa shape index (κ2) is 7.76. The normalized spacial score (nSPS) is 20.0. The lowest BCUT2D eigenvalue weighted by atomic mass is 10.1. The van der Waals surface area contributed by atoms with Gasteiger partial charge in [-0.3, -0.25) is 0 Å². The van der Waals surface area contributed by atoms with Gasteiger partial charge < -0.3 is 15.1 Å². The van der Waals surface area contributed by atoms with E-state index in [9.17, 15) is 0 Å². The first-order valence-electron chi connectivity index (χ1n) is 8.29. The lowest BCUT2D eigenvalue weighted by Gasteiger charge is -2.38. The number of likely N-dealkylation sites (N-methyl/N-ethyl adjacent to an activating group) is 1. The summed E-state index contributed by atoms with van der Waals surface area (Å²) in [6, 6.07) is 5.10. The Kier molecular flexibility index (Phi) is 6.00. The Bertz CT molecular complexity index is 446. The molecule has 1 N–H and O–H groups in total. The topological polar surface area (TPSA) is 31.4 Å². The molecule has 1 unspecified atom stereocenters. The van der Waals surface area contributed by atoms with Gasteiger partial charge in [0.2, 0.25) is 0 Å². The number of aryl methyl sites for hydroxylation is 1. The molecule has 2 heterocycles. The van der Waals surface area contributed by atoms with E-state index < -0.39 is 0 Å². The van der Waals surface area contributed by atoms with Crippen LogP contribution in [0, 0.1) is 0 Å². The zero-order valence-corrected chi connectivity index (χ0v) is 14.0. The van der Waals surface area contributed by atoms with E-state index in [-0.39, 0.29) is 0 Å². The van der Waals surface area contributed by atoms with Crippen LogP contribution in [-0.2, 0) is 13.0 Å². The maximum absolute atomic E-state index is 4.84. The Balaban J connectivity index is 2.12. The molecule has 0 saturated carbocycles. The minimum Gasteiger partial charge on any atom is -0.354 e. The van der Waals surface area contributed by atoms with Crippen molar-refractivity contribution in [1.29, 1.82) is 0 Å². The minimum absolute atomic E-state index is 0.590. The van der Waals surface area contributed by atoms with E-state index in [0.29, 0.717) is 6.04 Å². The van der Waals surface area contributed by atoms with Gasteiger partial charge in [0.1, 0.15) is 5.82 Å². The quantitative estimate of drug-likeness (QED) is 0.815. The number of nitrogens with zero attached hydrogens (tertiary/aromatic N) is 3. The van der Waals surface area contributed by atoms with Crippen LogP contribution in [-0.4, -0.2) is 49.2 Å². The van der Waals surface area contributed by atoms with Crippen LogP contribution in [0.2, 0.25) is 0 Å². The number of piperazine rings is 1. The van der Waals surface area contributed by atoms with Crippen molar-refractivity contribution in [2.45, 2.75) is 46.2 Å². The first-order valence-corrected chi connectivity index (χ1v) is 8.29. The van der Waals surface area contributed by atoms with E-state index in [2.05, 4.69) is 55.1 Å². The van der Waals surface area contributed by atoms with Crippen molar-refractivity contribution in [2.75, 3.05) is 38.1 Å². The average Bonchev–Trinajstić information content (AvgIpc) is 2.50. The van der Waals surface area contributed by atoms with Gasteiger partial charge in [0.15, 0.2) is 0 Å². The molecule has 0 aromatic carbocycles. The molecule has 21 heavy (non-hydrogen) atoms. The number of nitrogens with one attached hydrogen (secondary N) is 1. The van der Waals surface area contributed by atoms with Crippen LogP contribution in [0.4, 0.5) is 5.82 Å². The van der Waals surface area contributed by atoms with Crippen molar-refractivity contribution in [2.24, 2.45) is 0 Å². The number of rotatable bonds is 6. The molecule has 4 heteroatoms. The molecule has 118 valence electrons. The standard InChI is InChI=1S/C17H30N4/c1-5-7-18-12-15-10-16(6-2)19-17(11-15)21-9-8-20(4)14(3)13-21/h10-11,14,18H,5-9,12-13H2,1-4H3. The molecule has 1 saturated heterocycles. The highest BCUT2D eigenvalue weighted by Crippen LogP contribution is 2.19. The molecule has 1 aromatic rings. The zero-order valence-electron chi connectivity index (χ0n) is 14.0. The van der Waals surface area contributed by atoms with Crippen LogP contribution in [0.25, 0.3) is 0 Å². The maximum atomic E-state index is 4.84. The van der Waals surface area contributed by atoms with E-state index in [4.69, 9.17) is 4.98 Å². The molecule has 0 aliphatic carbocycles. The molecule has 1 atom stereocenters. The third-order valence-corrected chi connectivity index (χ3v) is 4.33. The molecule has 1 fully saturated rings. The van der Waals surface area contributed by atoms with Crippen molar-refractivity contribution >= 4 is 5.82 Å². The van der Waals surface area contributed by atoms with Gasteiger partial charge in [0, 0.05) is 37.9 Å². The van der Waals surface area contributed by atoms with Crippen molar-refractivity contribution < 1.29 is 0 Å². The number of hydrogen-bond donors (Lipinski definition) is 1. The Morgan fingerprint density at radius 1 is 1.29 bits per heavy atom. The predicted octanol–water partition coefficient (Wildman–Crippen LogP) is 2.28. The first-order chi connectivity index (χ1) is 10.1. The third-order valence-electron chi connectivity index (χ3n) is 4.33. The van der Waals surface area contributed by atoms with Gasteiger partial charge in [-0.25, -0.2) is 4.98 Å². The van der Waals surface area contributed by atoms with Crippen LogP contribution in [0.1, 0.15) is 38.4 Å². The fraction of sp³-hybridized carbons (Fsp3) is 0.706. The van der Waals surface area contributed by atoms with Gasteiger partial charge >= 0.3 is 0 Å². The van der Waals surface area contributed by atoms with E-state index in [1.807, 2.05) is 0 Å². The van der Waals surface area contributed by atoms with Crippen LogP contribution in [0.15, 0.2) is 12.1 Å². The summed E-state index contributed by atoms with van der Waals surface area (Å²) in [7, 11) is 2.21. The van der Waals surface area contributed by atoms with Crippen molar-refractivity contribution in [3.05, 3.63) is 23.4 Å². The largest absolute Gasteiger partial charge is 0.354 e. The highest BCUT2D eigenvalue weighted by atomic mass is 15.3. The molecule has 2 rings (SSSR count). The van der Waals surface area contributed by atoms with Gasteiger partial charge in [-0.15, -0.1) is 0 Å². The van der Waals surface area contributed by atoms with E-state index in [1.165, 1.54) is 17.7 Å². The number of anilines is 1. The molecule has 0 bridgehead atoms. The lowest BCUT2D eigenvalue weighted by Crippen LogP contribution is -2.50. The lowest BCUT2D eigenvalue weighted by molar-refractivity contribution is 0.233. The summed E-state index contributed by atoms with van der Waals surface area (Å²) in [6.45, 7) is 11.9. The van der Waals surface area contributed by atoms with Crippen molar-refractivity contribution in [1.82, 2.24) is 15.2 Å². The second-order valence-corrected chi connectivity index (χ2v) is 6.13. The third kappa shape index (κ3) is 4.42. The molecule has 0 amide bonds. The number of aromatic nitrogens is 1. The molecule has 1 aliphatic heterocycles. The first kappa shape index (κ1) is 16.2. The summed E-state index contributed by atoms with van der Waals surface area (Å²) in [5.74, 6) is 1.16. The Hall–Kier alpha value is -1.13. The molecule has 1 aliphatic rings. The Morgan fingerprint density at radius 3 is 2.76 bits per heavy atom. The van der Waals surface area contributed by atoms with E-state index in [1.54, 1.807) is 0 Å². The number of pyridine rings is 1. The summed E-state index contributed by atoms with van der Waals surface area (Å²) in [4.78, 5) is 9.70. The summed E-state index contributed by atoms with van der Waals surface area (Å²) >= 11 is 0. The van der Waals surface area contributed by atoms with Gasteiger partial charge in [-0.1, -0.05) is 13.8 Å². The van der Waals surface area contributed by atoms with Gasteiger partial charge in [0.05, 0.1) is 0 Å².